The van der Waals surface area contributed by atoms with Gasteiger partial charge in [0.2, 0.25) is 11.8 Å². The maximum Gasteiger partial charge on any atom is 0.305 e. The Morgan fingerprint density at radius 2 is 1.96 bits per heavy atom. The summed E-state index contributed by atoms with van der Waals surface area (Å²) in [5.41, 5.74) is 0.757. The van der Waals surface area contributed by atoms with Gasteiger partial charge in [-0.15, -0.1) is 0 Å². The SMILES string of the molecule is COC(=O)CCCCCNC(=O)[C@H]1CCN(c2ccc(Cl)cc2)C1=O. The maximum atomic E-state index is 12.5. The topological polar surface area (TPSA) is 75.7 Å². The van der Waals surface area contributed by atoms with Gasteiger partial charge < -0.3 is 15.0 Å². The van der Waals surface area contributed by atoms with E-state index in [0.717, 1.165) is 24.9 Å². The highest BCUT2D eigenvalue weighted by molar-refractivity contribution is 6.30. The molecule has 7 heteroatoms. The molecule has 2 amide bonds. The number of ether oxygens (including phenoxy) is 1. The third-order valence-electron chi connectivity index (χ3n) is 4.24. The van der Waals surface area contributed by atoms with Crippen LogP contribution in [0, 0.1) is 5.92 Å². The number of hydrogen-bond donors (Lipinski definition) is 1. The van der Waals surface area contributed by atoms with Crippen LogP contribution in [0.2, 0.25) is 5.02 Å². The Kier molecular flexibility index (Phi) is 7.25. The Hall–Kier alpha value is -2.08. The van der Waals surface area contributed by atoms with Crippen LogP contribution >= 0.6 is 11.6 Å². The van der Waals surface area contributed by atoms with Crippen molar-refractivity contribution in [2.75, 3.05) is 25.1 Å². The molecule has 0 aromatic heterocycles. The van der Waals surface area contributed by atoms with E-state index in [9.17, 15) is 14.4 Å². The van der Waals surface area contributed by atoms with Crippen LogP contribution in [0.25, 0.3) is 0 Å². The molecule has 0 radical (unpaired) electrons. The van der Waals surface area contributed by atoms with Crippen molar-refractivity contribution in [2.45, 2.75) is 32.1 Å². The molecule has 0 aliphatic carbocycles. The first-order valence-electron chi connectivity index (χ1n) is 8.44. The van der Waals surface area contributed by atoms with E-state index in [1.165, 1.54) is 7.11 Å². The molecule has 0 saturated carbocycles. The molecule has 136 valence electrons. The number of unbranched alkanes of at least 4 members (excludes halogenated alkanes) is 2. The van der Waals surface area contributed by atoms with Crippen molar-refractivity contribution in [1.82, 2.24) is 5.32 Å². The minimum atomic E-state index is -0.634. The molecule has 1 aliphatic rings. The fourth-order valence-electron chi connectivity index (χ4n) is 2.81. The summed E-state index contributed by atoms with van der Waals surface area (Å²) in [5.74, 6) is -1.26. The molecule has 0 bridgehead atoms. The summed E-state index contributed by atoms with van der Waals surface area (Å²) in [6, 6.07) is 7.02. The monoisotopic (exact) mass is 366 g/mol. The normalized spacial score (nSPS) is 16.8. The second-order valence-corrected chi connectivity index (χ2v) is 6.42. The number of benzene rings is 1. The maximum absolute atomic E-state index is 12.5. The zero-order valence-electron chi connectivity index (χ0n) is 14.3. The van der Waals surface area contributed by atoms with E-state index in [1.807, 2.05) is 0 Å². The lowest BCUT2D eigenvalue weighted by atomic mass is 10.1. The Morgan fingerprint density at radius 3 is 2.64 bits per heavy atom. The summed E-state index contributed by atoms with van der Waals surface area (Å²) >= 11 is 5.86. The fourth-order valence-corrected chi connectivity index (χ4v) is 2.93. The van der Waals surface area contributed by atoms with Crippen molar-refractivity contribution in [2.24, 2.45) is 5.92 Å². The van der Waals surface area contributed by atoms with E-state index in [2.05, 4.69) is 10.1 Å². The summed E-state index contributed by atoms with van der Waals surface area (Å²) < 4.78 is 4.57. The van der Waals surface area contributed by atoms with Crippen LogP contribution in [0.1, 0.15) is 32.1 Å². The predicted molar refractivity (Wildman–Crippen MR) is 95.4 cm³/mol. The van der Waals surface area contributed by atoms with Gasteiger partial charge in [-0.3, -0.25) is 14.4 Å². The fraction of sp³-hybridized carbons (Fsp3) is 0.500. The highest BCUT2D eigenvalue weighted by atomic mass is 35.5. The molecule has 1 aromatic rings. The van der Waals surface area contributed by atoms with Crippen molar-refractivity contribution in [3.8, 4) is 0 Å². The molecule has 1 fully saturated rings. The van der Waals surface area contributed by atoms with Crippen LogP contribution < -0.4 is 10.2 Å². The number of methoxy groups -OCH3 is 1. The number of halogens is 1. The molecule has 6 nitrogen and oxygen atoms in total. The van der Waals surface area contributed by atoms with E-state index in [1.54, 1.807) is 29.2 Å². The average molecular weight is 367 g/mol. The van der Waals surface area contributed by atoms with Crippen LogP contribution in [-0.2, 0) is 19.1 Å². The number of anilines is 1. The van der Waals surface area contributed by atoms with Crippen molar-refractivity contribution < 1.29 is 19.1 Å². The third-order valence-corrected chi connectivity index (χ3v) is 4.50. The van der Waals surface area contributed by atoms with Crippen LogP contribution in [0.15, 0.2) is 24.3 Å². The molecular formula is C18H23ClN2O4. The summed E-state index contributed by atoms with van der Waals surface area (Å²) in [6.45, 7) is 1.03. The zero-order valence-corrected chi connectivity index (χ0v) is 15.1. The number of rotatable bonds is 8. The molecule has 1 aromatic carbocycles. The molecule has 1 saturated heterocycles. The van der Waals surface area contributed by atoms with Crippen molar-refractivity contribution in [3.05, 3.63) is 29.3 Å². The van der Waals surface area contributed by atoms with Gasteiger partial charge in [-0.25, -0.2) is 0 Å². The number of nitrogens with zero attached hydrogens (tertiary/aromatic N) is 1. The Balaban J connectivity index is 1.73. The van der Waals surface area contributed by atoms with Crippen LogP contribution in [-0.4, -0.2) is 38.0 Å². The van der Waals surface area contributed by atoms with Crippen LogP contribution in [0.4, 0.5) is 5.69 Å². The average Bonchev–Trinajstić information content (AvgIpc) is 2.99. The Morgan fingerprint density at radius 1 is 1.24 bits per heavy atom. The van der Waals surface area contributed by atoms with E-state index in [-0.39, 0.29) is 17.8 Å². The van der Waals surface area contributed by atoms with Gasteiger partial charge in [-0.2, -0.15) is 0 Å². The third kappa shape index (κ3) is 5.46. The Bertz CT molecular complexity index is 618. The van der Waals surface area contributed by atoms with Gasteiger partial charge in [0, 0.05) is 30.2 Å². The van der Waals surface area contributed by atoms with Gasteiger partial charge in [-0.1, -0.05) is 18.0 Å². The number of carbonyl (C=O) groups is 3. The molecule has 1 atom stereocenters. The lowest BCUT2D eigenvalue weighted by Gasteiger charge is -2.16. The lowest BCUT2D eigenvalue weighted by molar-refractivity contribution is -0.140. The minimum absolute atomic E-state index is 0.175. The standard InChI is InChI=1S/C18H23ClN2O4/c1-25-16(22)5-3-2-4-11-20-17(23)15-10-12-21(18(15)24)14-8-6-13(19)7-9-14/h6-9,15H,2-5,10-12H2,1H3,(H,20,23)/t15-/m1/s1. The van der Waals surface area contributed by atoms with Gasteiger partial charge in [0.15, 0.2) is 0 Å². The number of esters is 1. The second kappa shape index (κ2) is 9.42. The molecule has 2 rings (SSSR count). The zero-order chi connectivity index (χ0) is 18.2. The summed E-state index contributed by atoms with van der Waals surface area (Å²) in [4.78, 5) is 37.3. The molecule has 0 unspecified atom stereocenters. The molecule has 25 heavy (non-hydrogen) atoms. The lowest BCUT2D eigenvalue weighted by Crippen LogP contribution is -2.37. The second-order valence-electron chi connectivity index (χ2n) is 5.99. The van der Waals surface area contributed by atoms with E-state index >= 15 is 0 Å². The summed E-state index contributed by atoms with van der Waals surface area (Å²) in [6.07, 6.45) is 3.22. The van der Waals surface area contributed by atoms with Crippen LogP contribution in [0.3, 0.4) is 0 Å². The highest BCUT2D eigenvalue weighted by Crippen LogP contribution is 2.26. The molecular weight excluding hydrogens is 344 g/mol. The number of hydrogen-bond acceptors (Lipinski definition) is 4. The van der Waals surface area contributed by atoms with E-state index in [4.69, 9.17) is 11.6 Å². The molecule has 1 N–H and O–H groups in total. The quantitative estimate of drug-likeness (QED) is 0.436. The van der Waals surface area contributed by atoms with Gasteiger partial charge in [-0.05, 0) is 43.5 Å². The highest BCUT2D eigenvalue weighted by Gasteiger charge is 2.37. The molecule has 0 spiro atoms. The first-order valence-corrected chi connectivity index (χ1v) is 8.82. The van der Waals surface area contributed by atoms with E-state index in [0.29, 0.717) is 31.0 Å². The van der Waals surface area contributed by atoms with Gasteiger partial charge in [0.05, 0.1) is 7.11 Å². The van der Waals surface area contributed by atoms with Crippen molar-refractivity contribution in [1.29, 1.82) is 0 Å². The van der Waals surface area contributed by atoms with Crippen LogP contribution in [0.5, 0.6) is 0 Å². The molecule has 1 aliphatic heterocycles. The Labute approximate surface area is 152 Å². The van der Waals surface area contributed by atoms with Crippen molar-refractivity contribution in [3.63, 3.8) is 0 Å². The first kappa shape index (κ1) is 19.2. The number of carbonyl (C=O) groups excluding carboxylic acids is 3. The molecule has 1 heterocycles. The van der Waals surface area contributed by atoms with Gasteiger partial charge in [0.1, 0.15) is 5.92 Å². The van der Waals surface area contributed by atoms with Gasteiger partial charge in [0.25, 0.3) is 0 Å². The summed E-state index contributed by atoms with van der Waals surface area (Å²) in [5, 5.41) is 3.42. The van der Waals surface area contributed by atoms with Gasteiger partial charge >= 0.3 is 5.97 Å². The minimum Gasteiger partial charge on any atom is -0.469 e. The van der Waals surface area contributed by atoms with E-state index < -0.39 is 5.92 Å². The summed E-state index contributed by atoms with van der Waals surface area (Å²) in [7, 11) is 1.37. The van der Waals surface area contributed by atoms with Crippen molar-refractivity contribution >= 4 is 35.1 Å². The number of amides is 2. The largest absolute Gasteiger partial charge is 0.469 e. The smallest absolute Gasteiger partial charge is 0.305 e. The number of nitrogens with one attached hydrogen (secondary N) is 1. The first-order chi connectivity index (χ1) is 12.0. The predicted octanol–water partition coefficient (Wildman–Crippen LogP) is 2.54.